The molecule has 0 aliphatic carbocycles. The van der Waals surface area contributed by atoms with Crippen molar-refractivity contribution < 1.29 is 13.2 Å². The lowest BCUT2D eigenvalue weighted by Crippen LogP contribution is -2.42. The molecule has 0 spiro atoms. The third kappa shape index (κ3) is 4.75. The molecule has 1 aliphatic heterocycles. The number of fused-ring (bicyclic) bond motifs is 1. The van der Waals surface area contributed by atoms with Crippen molar-refractivity contribution in [3.8, 4) is 0 Å². The Hall–Kier alpha value is -2.21. The van der Waals surface area contributed by atoms with Crippen molar-refractivity contribution in [3.05, 3.63) is 26.7 Å². The molecule has 1 amide bonds. The van der Waals surface area contributed by atoms with Gasteiger partial charge in [-0.05, 0) is 26.2 Å². The quantitative estimate of drug-likeness (QED) is 0.432. The molecule has 0 radical (unpaired) electrons. The fraction of sp³-hybridized carbons (Fsp3) is 0.650. The average Bonchev–Trinajstić information content (AvgIpc) is 3.07. The number of rotatable bonds is 6. The summed E-state index contributed by atoms with van der Waals surface area (Å²) >= 11 is 1.12. The number of aryl methyl sites for hydroxylation is 1. The first-order valence-corrected chi connectivity index (χ1v) is 13.1. The Morgan fingerprint density at radius 2 is 1.91 bits per heavy atom. The molecule has 0 saturated carbocycles. The minimum Gasteiger partial charge on any atom is -0.341 e. The highest BCUT2D eigenvalue weighted by Crippen LogP contribution is 2.28. The van der Waals surface area contributed by atoms with E-state index in [-0.39, 0.29) is 40.4 Å². The molecule has 3 rings (SSSR count). The Kier molecular flexibility index (Phi) is 6.85. The van der Waals surface area contributed by atoms with Gasteiger partial charge in [0.15, 0.2) is 15.5 Å². The van der Waals surface area contributed by atoms with E-state index in [0.29, 0.717) is 23.8 Å². The lowest BCUT2D eigenvalue weighted by Gasteiger charge is -2.26. The van der Waals surface area contributed by atoms with E-state index >= 15 is 0 Å². The number of thioether (sulfide) groups is 1. The van der Waals surface area contributed by atoms with E-state index in [0.717, 1.165) is 16.3 Å². The largest absolute Gasteiger partial charge is 0.341 e. The molecule has 12 heteroatoms. The van der Waals surface area contributed by atoms with Crippen molar-refractivity contribution in [2.45, 2.75) is 57.0 Å². The first-order valence-electron chi connectivity index (χ1n) is 10.4. The van der Waals surface area contributed by atoms with E-state index in [1.807, 2.05) is 13.8 Å². The molecule has 0 unspecified atom stereocenters. The van der Waals surface area contributed by atoms with Gasteiger partial charge in [0.1, 0.15) is 16.2 Å². The second-order valence-electron chi connectivity index (χ2n) is 8.69. The second-order valence-corrected chi connectivity index (χ2v) is 12.3. The van der Waals surface area contributed by atoms with Crippen molar-refractivity contribution in [2.75, 3.05) is 18.6 Å². The van der Waals surface area contributed by atoms with Crippen LogP contribution in [0.3, 0.4) is 0 Å². The van der Waals surface area contributed by atoms with Crippen LogP contribution in [0.2, 0.25) is 0 Å². The maximum atomic E-state index is 13.0. The molecular weight excluding hydrogens is 454 g/mol. The minimum atomic E-state index is -3.12. The van der Waals surface area contributed by atoms with Crippen LogP contribution in [0.1, 0.15) is 33.0 Å². The molecule has 1 fully saturated rings. The van der Waals surface area contributed by atoms with Crippen LogP contribution in [-0.4, -0.2) is 68.2 Å². The maximum absolute atomic E-state index is 13.0. The van der Waals surface area contributed by atoms with Crippen LogP contribution in [0.5, 0.6) is 0 Å². The Morgan fingerprint density at radius 1 is 1.25 bits per heavy atom. The topological polar surface area (TPSA) is 124 Å². The highest BCUT2D eigenvalue weighted by molar-refractivity contribution is 8.00. The van der Waals surface area contributed by atoms with E-state index in [9.17, 15) is 22.8 Å². The van der Waals surface area contributed by atoms with Crippen molar-refractivity contribution in [3.63, 3.8) is 0 Å². The van der Waals surface area contributed by atoms with Crippen LogP contribution in [-0.2, 0) is 28.2 Å². The third-order valence-corrected chi connectivity index (χ3v) is 8.37. The third-order valence-electron chi connectivity index (χ3n) is 5.55. The highest BCUT2D eigenvalue weighted by Gasteiger charge is 2.34. The normalized spacial score (nSPS) is 18.9. The Bertz CT molecular complexity index is 1280. The fourth-order valence-electron chi connectivity index (χ4n) is 3.82. The van der Waals surface area contributed by atoms with Gasteiger partial charge in [0.2, 0.25) is 5.91 Å². The van der Waals surface area contributed by atoms with Gasteiger partial charge >= 0.3 is 5.69 Å². The van der Waals surface area contributed by atoms with Gasteiger partial charge in [0, 0.05) is 26.7 Å². The Balaban J connectivity index is 2.02. The van der Waals surface area contributed by atoms with Crippen LogP contribution < -0.4 is 11.2 Å². The lowest BCUT2D eigenvalue weighted by atomic mass is 10.2. The molecule has 0 bridgehead atoms. The number of carbonyl (C=O) groups is 1. The zero-order valence-electron chi connectivity index (χ0n) is 19.2. The molecule has 2 aromatic heterocycles. The van der Waals surface area contributed by atoms with Crippen LogP contribution in [0.15, 0.2) is 14.6 Å². The van der Waals surface area contributed by atoms with E-state index in [1.54, 1.807) is 20.9 Å². The summed E-state index contributed by atoms with van der Waals surface area (Å²) in [5, 5.41) is -0.0796. The van der Waals surface area contributed by atoms with Gasteiger partial charge in [-0.15, -0.1) is 0 Å². The SMILES string of the molecule is Cc1nc(S[C@@H](C)C(=O)N(C)[C@H]2CCS(=O)(=O)C2)c2c(=O)n(C)c(=O)n(CC(C)C)c2n1. The molecule has 0 aromatic carbocycles. The average molecular weight is 484 g/mol. The zero-order chi connectivity index (χ0) is 24.0. The number of hydrogen-bond donors (Lipinski definition) is 0. The van der Waals surface area contributed by atoms with Gasteiger partial charge in [-0.3, -0.25) is 18.7 Å². The number of amides is 1. The van der Waals surface area contributed by atoms with Crippen molar-refractivity contribution in [1.29, 1.82) is 0 Å². The molecule has 2 aromatic rings. The summed E-state index contributed by atoms with van der Waals surface area (Å²) in [5.74, 6) is 0.339. The van der Waals surface area contributed by atoms with Gasteiger partial charge in [-0.1, -0.05) is 25.6 Å². The Morgan fingerprint density at radius 3 is 2.47 bits per heavy atom. The summed E-state index contributed by atoms with van der Waals surface area (Å²) in [5.41, 5.74) is -0.698. The van der Waals surface area contributed by atoms with Crippen molar-refractivity contribution in [1.82, 2.24) is 24.0 Å². The smallest absolute Gasteiger partial charge is 0.332 e. The fourth-order valence-corrected chi connectivity index (χ4v) is 6.68. The molecule has 1 saturated heterocycles. The molecular formula is C20H29N5O5S2. The van der Waals surface area contributed by atoms with Crippen molar-refractivity contribution >= 4 is 38.5 Å². The molecule has 0 N–H and O–H groups in total. The van der Waals surface area contributed by atoms with Gasteiger partial charge < -0.3 is 4.90 Å². The van der Waals surface area contributed by atoms with Crippen LogP contribution in [0, 0.1) is 12.8 Å². The Labute approximate surface area is 191 Å². The van der Waals surface area contributed by atoms with Gasteiger partial charge in [0.05, 0.1) is 16.8 Å². The predicted molar refractivity (Wildman–Crippen MR) is 124 cm³/mol. The lowest BCUT2D eigenvalue weighted by molar-refractivity contribution is -0.130. The van der Waals surface area contributed by atoms with Gasteiger partial charge in [-0.2, -0.15) is 0 Å². The van der Waals surface area contributed by atoms with E-state index in [1.165, 1.54) is 16.5 Å². The van der Waals surface area contributed by atoms with E-state index in [2.05, 4.69) is 9.97 Å². The van der Waals surface area contributed by atoms with Crippen LogP contribution in [0.4, 0.5) is 0 Å². The first-order chi connectivity index (χ1) is 14.8. The molecule has 10 nitrogen and oxygen atoms in total. The molecule has 32 heavy (non-hydrogen) atoms. The van der Waals surface area contributed by atoms with Crippen LogP contribution in [0.25, 0.3) is 11.0 Å². The van der Waals surface area contributed by atoms with Gasteiger partial charge in [0.25, 0.3) is 5.56 Å². The number of nitrogens with zero attached hydrogens (tertiary/aromatic N) is 5. The summed E-state index contributed by atoms with van der Waals surface area (Å²) in [6.07, 6.45) is 0.416. The first kappa shape index (κ1) is 24.4. The summed E-state index contributed by atoms with van der Waals surface area (Å²) in [6.45, 7) is 7.69. The highest BCUT2D eigenvalue weighted by atomic mass is 32.2. The number of hydrogen-bond acceptors (Lipinski definition) is 8. The molecule has 1 aliphatic rings. The molecule has 176 valence electrons. The summed E-state index contributed by atoms with van der Waals surface area (Å²) < 4.78 is 26.1. The van der Waals surface area contributed by atoms with Crippen LogP contribution >= 0.6 is 11.8 Å². The summed E-state index contributed by atoms with van der Waals surface area (Å²) in [7, 11) is -0.101. The number of sulfone groups is 1. The maximum Gasteiger partial charge on any atom is 0.332 e. The molecule has 3 heterocycles. The molecule has 2 atom stereocenters. The minimum absolute atomic E-state index is 0.0375. The standard InChI is InChI=1S/C20H29N5O5S2/c1-11(2)9-25-16-15(19(27)24(6)20(25)28)17(22-13(4)21-16)31-12(3)18(26)23(5)14-7-8-32(29,30)10-14/h11-12,14H,7-10H2,1-6H3/t12-,14-/m0/s1. The zero-order valence-corrected chi connectivity index (χ0v) is 20.8. The number of aromatic nitrogens is 4. The summed E-state index contributed by atoms with van der Waals surface area (Å²) in [4.78, 5) is 49.0. The van der Waals surface area contributed by atoms with E-state index in [4.69, 9.17) is 0 Å². The van der Waals surface area contributed by atoms with E-state index < -0.39 is 26.3 Å². The monoisotopic (exact) mass is 483 g/mol. The van der Waals surface area contributed by atoms with Gasteiger partial charge in [-0.25, -0.2) is 23.2 Å². The predicted octanol–water partition coefficient (Wildman–Crippen LogP) is 0.581. The number of carbonyl (C=O) groups excluding carboxylic acids is 1. The van der Waals surface area contributed by atoms with Crippen molar-refractivity contribution in [2.24, 2.45) is 13.0 Å². The summed E-state index contributed by atoms with van der Waals surface area (Å²) in [6, 6.07) is -0.358. The second kappa shape index (κ2) is 8.97.